The van der Waals surface area contributed by atoms with Crippen LogP contribution >= 0.6 is 23.4 Å². The number of unbranched alkanes of at least 4 members (excludes halogenated alkanes) is 1. The van der Waals surface area contributed by atoms with Crippen molar-refractivity contribution in [3.05, 3.63) is 29.3 Å². The molecule has 1 rings (SSSR count). The van der Waals surface area contributed by atoms with Gasteiger partial charge in [0.1, 0.15) is 6.04 Å². The Labute approximate surface area is 160 Å². The highest BCUT2D eigenvalue weighted by Crippen LogP contribution is 2.21. The van der Waals surface area contributed by atoms with Crippen LogP contribution in [0.5, 0.6) is 0 Å². The zero-order valence-electron chi connectivity index (χ0n) is 15.3. The van der Waals surface area contributed by atoms with Gasteiger partial charge in [-0.25, -0.2) is 0 Å². The number of amides is 2. The Morgan fingerprint density at radius 2 is 1.88 bits per heavy atom. The number of halogens is 1. The summed E-state index contributed by atoms with van der Waals surface area (Å²) in [5.41, 5.74) is 0. The van der Waals surface area contributed by atoms with Crippen LogP contribution in [-0.2, 0) is 9.59 Å². The maximum Gasteiger partial charge on any atom is 0.243 e. The van der Waals surface area contributed by atoms with E-state index in [4.69, 9.17) is 11.6 Å². The molecule has 0 radical (unpaired) electrons. The van der Waals surface area contributed by atoms with Crippen molar-refractivity contribution in [3.8, 4) is 0 Å². The first-order chi connectivity index (χ1) is 12.0. The lowest BCUT2D eigenvalue weighted by molar-refractivity contribution is -0.127. The maximum atomic E-state index is 12.5. The van der Waals surface area contributed by atoms with Gasteiger partial charge in [0.15, 0.2) is 0 Å². The fraction of sp³-hybridized carbons (Fsp3) is 0.579. The number of carbonyl (C=O) groups excluding carboxylic acids is 2. The van der Waals surface area contributed by atoms with Crippen molar-refractivity contribution in [2.75, 3.05) is 12.3 Å². The van der Waals surface area contributed by atoms with Crippen molar-refractivity contribution in [1.29, 1.82) is 0 Å². The van der Waals surface area contributed by atoms with E-state index in [-0.39, 0.29) is 11.8 Å². The van der Waals surface area contributed by atoms with Crippen LogP contribution in [-0.4, -0.2) is 30.2 Å². The summed E-state index contributed by atoms with van der Waals surface area (Å²) in [5, 5.41) is 6.43. The maximum absolute atomic E-state index is 12.5. The standard InChI is InChI=1S/C19H29ClN2O2S/c1-4-6-7-15(5-2)12-21-19(24)18(22-14(3)23)13-25-17-10-8-16(20)9-11-17/h8-11,15,18H,4-7,12-13H2,1-3H3,(H,21,24)(H,22,23). The molecule has 6 heteroatoms. The molecule has 2 N–H and O–H groups in total. The molecule has 0 saturated heterocycles. The molecule has 4 nitrogen and oxygen atoms in total. The molecule has 0 aliphatic heterocycles. The van der Waals surface area contributed by atoms with E-state index < -0.39 is 6.04 Å². The number of benzene rings is 1. The van der Waals surface area contributed by atoms with Gasteiger partial charge in [-0.1, -0.05) is 44.7 Å². The van der Waals surface area contributed by atoms with Crippen LogP contribution in [0, 0.1) is 5.92 Å². The summed E-state index contributed by atoms with van der Waals surface area (Å²) in [7, 11) is 0. The second-order valence-corrected chi connectivity index (χ2v) is 7.71. The molecule has 1 aromatic carbocycles. The molecule has 2 unspecified atom stereocenters. The van der Waals surface area contributed by atoms with Gasteiger partial charge in [-0.2, -0.15) is 0 Å². The summed E-state index contributed by atoms with van der Waals surface area (Å²) in [6, 6.07) is 6.91. The molecule has 0 aliphatic carbocycles. The molecule has 25 heavy (non-hydrogen) atoms. The molecule has 1 aromatic rings. The molecule has 0 bridgehead atoms. The smallest absolute Gasteiger partial charge is 0.243 e. The predicted octanol–water partition coefficient (Wildman–Crippen LogP) is 4.27. The number of hydrogen-bond donors (Lipinski definition) is 2. The minimum Gasteiger partial charge on any atom is -0.354 e. The molecule has 0 saturated carbocycles. The molecule has 2 atom stereocenters. The highest BCUT2D eigenvalue weighted by molar-refractivity contribution is 7.99. The highest BCUT2D eigenvalue weighted by Gasteiger charge is 2.20. The van der Waals surface area contributed by atoms with E-state index >= 15 is 0 Å². The van der Waals surface area contributed by atoms with Gasteiger partial charge < -0.3 is 10.6 Å². The number of rotatable bonds is 11. The quantitative estimate of drug-likeness (QED) is 0.560. The summed E-state index contributed by atoms with van der Waals surface area (Å²) in [6.07, 6.45) is 4.51. The molecule has 0 spiro atoms. The van der Waals surface area contributed by atoms with E-state index in [0.717, 1.165) is 24.2 Å². The zero-order chi connectivity index (χ0) is 18.7. The molecule has 0 heterocycles. The summed E-state index contributed by atoms with van der Waals surface area (Å²) in [6.45, 7) is 6.42. The number of nitrogens with one attached hydrogen (secondary N) is 2. The zero-order valence-corrected chi connectivity index (χ0v) is 16.9. The van der Waals surface area contributed by atoms with E-state index in [1.165, 1.54) is 25.1 Å². The molecular weight excluding hydrogens is 356 g/mol. The van der Waals surface area contributed by atoms with Crippen LogP contribution < -0.4 is 10.6 Å². The van der Waals surface area contributed by atoms with Gasteiger partial charge in [-0.15, -0.1) is 11.8 Å². The Kier molecular flexibility index (Phi) is 10.7. The summed E-state index contributed by atoms with van der Waals surface area (Å²) < 4.78 is 0. The van der Waals surface area contributed by atoms with Crippen LogP contribution in [0.4, 0.5) is 0 Å². The Morgan fingerprint density at radius 3 is 2.44 bits per heavy atom. The first kappa shape index (κ1) is 21.8. The van der Waals surface area contributed by atoms with Crippen molar-refractivity contribution in [2.45, 2.75) is 57.4 Å². The monoisotopic (exact) mass is 384 g/mol. The first-order valence-corrected chi connectivity index (χ1v) is 10.3. The van der Waals surface area contributed by atoms with Crippen molar-refractivity contribution in [3.63, 3.8) is 0 Å². The molecule has 0 aromatic heterocycles. The molecule has 0 fully saturated rings. The Balaban J connectivity index is 2.56. The molecule has 140 valence electrons. The van der Waals surface area contributed by atoms with Gasteiger partial charge in [0.25, 0.3) is 0 Å². The lowest BCUT2D eigenvalue weighted by Crippen LogP contribution is -2.48. The van der Waals surface area contributed by atoms with Crippen molar-refractivity contribution < 1.29 is 9.59 Å². The fourth-order valence-electron chi connectivity index (χ4n) is 2.45. The average Bonchev–Trinajstić information content (AvgIpc) is 2.59. The van der Waals surface area contributed by atoms with Gasteiger partial charge in [0.05, 0.1) is 0 Å². The summed E-state index contributed by atoms with van der Waals surface area (Å²) in [4.78, 5) is 24.9. The Hall–Kier alpha value is -1.20. The van der Waals surface area contributed by atoms with E-state index in [0.29, 0.717) is 23.2 Å². The van der Waals surface area contributed by atoms with Crippen LogP contribution in [0.15, 0.2) is 29.2 Å². The minimum absolute atomic E-state index is 0.119. The second kappa shape index (κ2) is 12.2. The molecular formula is C19H29ClN2O2S. The van der Waals surface area contributed by atoms with Gasteiger partial charge in [0.2, 0.25) is 11.8 Å². The molecule has 2 amide bonds. The van der Waals surface area contributed by atoms with Crippen molar-refractivity contribution >= 4 is 35.2 Å². The average molecular weight is 385 g/mol. The normalized spacial score (nSPS) is 13.1. The Bertz CT molecular complexity index is 537. The topological polar surface area (TPSA) is 58.2 Å². The summed E-state index contributed by atoms with van der Waals surface area (Å²) in [5.74, 6) is 0.658. The number of carbonyl (C=O) groups is 2. The van der Waals surface area contributed by atoms with Crippen LogP contribution in [0.1, 0.15) is 46.5 Å². The molecule has 0 aliphatic rings. The van der Waals surface area contributed by atoms with E-state index in [1.54, 1.807) is 0 Å². The third-order valence-electron chi connectivity index (χ3n) is 4.03. The van der Waals surface area contributed by atoms with Crippen molar-refractivity contribution in [1.82, 2.24) is 10.6 Å². The summed E-state index contributed by atoms with van der Waals surface area (Å²) >= 11 is 7.41. The van der Waals surface area contributed by atoms with Gasteiger partial charge in [-0.3, -0.25) is 9.59 Å². The lowest BCUT2D eigenvalue weighted by atomic mass is 9.99. The van der Waals surface area contributed by atoms with Gasteiger partial charge in [0, 0.05) is 29.1 Å². The van der Waals surface area contributed by atoms with Crippen LogP contribution in [0.3, 0.4) is 0 Å². The lowest BCUT2D eigenvalue weighted by Gasteiger charge is -2.20. The largest absolute Gasteiger partial charge is 0.354 e. The fourth-order valence-corrected chi connectivity index (χ4v) is 3.50. The Morgan fingerprint density at radius 1 is 1.20 bits per heavy atom. The first-order valence-electron chi connectivity index (χ1n) is 8.89. The predicted molar refractivity (Wildman–Crippen MR) is 106 cm³/mol. The van der Waals surface area contributed by atoms with Gasteiger partial charge in [-0.05, 0) is 36.6 Å². The van der Waals surface area contributed by atoms with E-state index in [2.05, 4.69) is 24.5 Å². The second-order valence-electron chi connectivity index (χ2n) is 6.18. The van der Waals surface area contributed by atoms with Gasteiger partial charge >= 0.3 is 0 Å². The minimum atomic E-state index is -0.540. The van der Waals surface area contributed by atoms with Crippen molar-refractivity contribution in [2.24, 2.45) is 5.92 Å². The van der Waals surface area contributed by atoms with E-state index in [1.807, 2.05) is 24.3 Å². The van der Waals surface area contributed by atoms with Crippen LogP contribution in [0.2, 0.25) is 5.02 Å². The number of hydrogen-bond acceptors (Lipinski definition) is 3. The number of thioether (sulfide) groups is 1. The van der Waals surface area contributed by atoms with Crippen LogP contribution in [0.25, 0.3) is 0 Å². The van der Waals surface area contributed by atoms with E-state index in [9.17, 15) is 9.59 Å². The SMILES string of the molecule is CCCCC(CC)CNC(=O)C(CSc1ccc(Cl)cc1)NC(C)=O. The third-order valence-corrected chi connectivity index (χ3v) is 5.39. The highest BCUT2D eigenvalue weighted by atomic mass is 35.5. The third kappa shape index (κ3) is 9.17.